The molecule has 2 atom stereocenters. The van der Waals surface area contributed by atoms with E-state index in [0.29, 0.717) is 12.1 Å². The minimum absolute atomic E-state index is 0.417. The standard InChI is InChI=1S/C17H18BrNS/c1-2-15(12-7-9-13(18)10-8-12)19-16-11-20-17-6-4-3-5-14(16)17/h3-10,15-16,19H,2,11H2,1H3. The van der Waals surface area contributed by atoms with E-state index < -0.39 is 0 Å². The maximum absolute atomic E-state index is 3.82. The zero-order valence-corrected chi connectivity index (χ0v) is 13.9. The van der Waals surface area contributed by atoms with Crippen LogP contribution in [0.2, 0.25) is 0 Å². The van der Waals surface area contributed by atoms with Gasteiger partial charge in [-0.2, -0.15) is 0 Å². The molecule has 0 aliphatic carbocycles. The molecule has 1 heterocycles. The molecule has 0 spiro atoms. The van der Waals surface area contributed by atoms with Gasteiger partial charge in [0, 0.05) is 27.2 Å². The van der Waals surface area contributed by atoms with Crippen LogP contribution in [0.15, 0.2) is 57.9 Å². The van der Waals surface area contributed by atoms with Crippen molar-refractivity contribution in [3.05, 3.63) is 64.1 Å². The van der Waals surface area contributed by atoms with Gasteiger partial charge in [-0.1, -0.05) is 53.2 Å². The molecule has 1 aliphatic heterocycles. The highest BCUT2D eigenvalue weighted by atomic mass is 79.9. The van der Waals surface area contributed by atoms with Gasteiger partial charge in [-0.05, 0) is 35.7 Å². The predicted octanol–water partition coefficient (Wildman–Crippen LogP) is 5.34. The highest BCUT2D eigenvalue weighted by molar-refractivity contribution is 9.10. The van der Waals surface area contributed by atoms with Crippen LogP contribution in [-0.2, 0) is 0 Å². The van der Waals surface area contributed by atoms with Crippen molar-refractivity contribution >= 4 is 27.7 Å². The van der Waals surface area contributed by atoms with E-state index in [4.69, 9.17) is 0 Å². The van der Waals surface area contributed by atoms with E-state index in [1.54, 1.807) is 0 Å². The fourth-order valence-corrected chi connectivity index (χ4v) is 4.13. The Morgan fingerprint density at radius 3 is 2.70 bits per heavy atom. The topological polar surface area (TPSA) is 12.0 Å². The molecule has 2 aromatic rings. The largest absolute Gasteiger partial charge is 0.302 e. The second-order valence-electron chi connectivity index (χ2n) is 5.08. The van der Waals surface area contributed by atoms with Crippen molar-refractivity contribution in [2.45, 2.75) is 30.3 Å². The first-order valence-electron chi connectivity index (χ1n) is 7.01. The summed E-state index contributed by atoms with van der Waals surface area (Å²) in [7, 11) is 0. The van der Waals surface area contributed by atoms with Gasteiger partial charge < -0.3 is 5.32 Å². The van der Waals surface area contributed by atoms with Crippen molar-refractivity contribution in [1.29, 1.82) is 0 Å². The first kappa shape index (κ1) is 14.2. The number of rotatable bonds is 4. The molecule has 0 bridgehead atoms. The lowest BCUT2D eigenvalue weighted by Crippen LogP contribution is -2.26. The minimum Gasteiger partial charge on any atom is -0.302 e. The van der Waals surface area contributed by atoms with Gasteiger partial charge in [-0.15, -0.1) is 11.8 Å². The molecular weight excluding hydrogens is 330 g/mol. The van der Waals surface area contributed by atoms with E-state index >= 15 is 0 Å². The monoisotopic (exact) mass is 347 g/mol. The molecule has 104 valence electrons. The Morgan fingerprint density at radius 1 is 1.20 bits per heavy atom. The molecule has 0 saturated heterocycles. The Labute approximate surface area is 133 Å². The summed E-state index contributed by atoms with van der Waals surface area (Å²) in [4.78, 5) is 1.43. The number of halogens is 1. The van der Waals surface area contributed by atoms with Crippen LogP contribution >= 0.6 is 27.7 Å². The third-order valence-electron chi connectivity index (χ3n) is 3.78. The highest BCUT2D eigenvalue weighted by Crippen LogP contribution is 2.39. The zero-order chi connectivity index (χ0) is 13.9. The number of fused-ring (bicyclic) bond motifs is 1. The highest BCUT2D eigenvalue weighted by Gasteiger charge is 2.24. The van der Waals surface area contributed by atoms with Gasteiger partial charge in [0.25, 0.3) is 0 Å². The van der Waals surface area contributed by atoms with Crippen molar-refractivity contribution in [2.75, 3.05) is 5.75 Å². The Morgan fingerprint density at radius 2 is 1.95 bits per heavy atom. The van der Waals surface area contributed by atoms with Crippen molar-refractivity contribution < 1.29 is 0 Å². The van der Waals surface area contributed by atoms with Crippen molar-refractivity contribution in [1.82, 2.24) is 5.32 Å². The number of benzene rings is 2. The first-order chi connectivity index (χ1) is 9.78. The number of hydrogen-bond acceptors (Lipinski definition) is 2. The number of hydrogen-bond donors (Lipinski definition) is 1. The first-order valence-corrected chi connectivity index (χ1v) is 8.79. The fraction of sp³-hybridized carbons (Fsp3) is 0.294. The summed E-state index contributed by atoms with van der Waals surface area (Å²) < 4.78 is 1.14. The lowest BCUT2D eigenvalue weighted by Gasteiger charge is -2.22. The molecule has 20 heavy (non-hydrogen) atoms. The summed E-state index contributed by atoms with van der Waals surface area (Å²) in [5.41, 5.74) is 2.82. The smallest absolute Gasteiger partial charge is 0.0431 e. The van der Waals surface area contributed by atoms with Crippen LogP contribution in [-0.4, -0.2) is 5.75 Å². The van der Waals surface area contributed by atoms with E-state index in [-0.39, 0.29) is 0 Å². The van der Waals surface area contributed by atoms with Crippen LogP contribution in [0, 0.1) is 0 Å². The molecule has 2 aromatic carbocycles. The summed E-state index contributed by atoms with van der Waals surface area (Å²) >= 11 is 5.46. The Kier molecular flexibility index (Phi) is 4.49. The van der Waals surface area contributed by atoms with Crippen molar-refractivity contribution in [3.63, 3.8) is 0 Å². The molecule has 0 saturated carbocycles. The minimum atomic E-state index is 0.417. The molecule has 1 nitrogen and oxygen atoms in total. The van der Waals surface area contributed by atoms with E-state index in [1.165, 1.54) is 16.0 Å². The number of nitrogens with one attached hydrogen (secondary N) is 1. The number of thioether (sulfide) groups is 1. The maximum atomic E-state index is 3.82. The van der Waals surface area contributed by atoms with E-state index in [2.05, 4.69) is 76.7 Å². The van der Waals surface area contributed by atoms with Crippen LogP contribution in [0.3, 0.4) is 0 Å². The molecule has 0 aromatic heterocycles. The summed E-state index contributed by atoms with van der Waals surface area (Å²) in [6, 6.07) is 18.3. The molecule has 0 radical (unpaired) electrons. The zero-order valence-electron chi connectivity index (χ0n) is 11.5. The van der Waals surface area contributed by atoms with Gasteiger partial charge in [-0.3, -0.25) is 0 Å². The lowest BCUT2D eigenvalue weighted by atomic mass is 10.0. The van der Waals surface area contributed by atoms with Gasteiger partial charge in [0.15, 0.2) is 0 Å². The van der Waals surface area contributed by atoms with Crippen LogP contribution in [0.25, 0.3) is 0 Å². The van der Waals surface area contributed by atoms with Gasteiger partial charge in [0.1, 0.15) is 0 Å². The third-order valence-corrected chi connectivity index (χ3v) is 5.49. The maximum Gasteiger partial charge on any atom is 0.0431 e. The van der Waals surface area contributed by atoms with Gasteiger partial charge in [-0.25, -0.2) is 0 Å². The fourth-order valence-electron chi connectivity index (χ4n) is 2.69. The molecule has 1 aliphatic rings. The van der Waals surface area contributed by atoms with E-state index in [9.17, 15) is 0 Å². The van der Waals surface area contributed by atoms with E-state index in [1.807, 2.05) is 11.8 Å². The molecule has 0 amide bonds. The third kappa shape index (κ3) is 2.95. The Bertz CT molecular complexity index is 582. The quantitative estimate of drug-likeness (QED) is 0.801. The average molecular weight is 348 g/mol. The van der Waals surface area contributed by atoms with Crippen LogP contribution in [0.4, 0.5) is 0 Å². The normalized spacial score (nSPS) is 18.8. The van der Waals surface area contributed by atoms with Crippen molar-refractivity contribution in [3.8, 4) is 0 Å². The summed E-state index contributed by atoms with van der Waals surface area (Å²) in [6.45, 7) is 2.24. The van der Waals surface area contributed by atoms with Gasteiger partial charge >= 0.3 is 0 Å². The molecule has 0 fully saturated rings. The molecule has 3 rings (SSSR count). The van der Waals surface area contributed by atoms with Crippen LogP contribution in [0.1, 0.15) is 36.6 Å². The second-order valence-corrected chi connectivity index (χ2v) is 7.06. The molecular formula is C17H18BrNS. The second kappa shape index (κ2) is 6.33. The van der Waals surface area contributed by atoms with Crippen molar-refractivity contribution in [2.24, 2.45) is 0 Å². The summed E-state index contributed by atoms with van der Waals surface area (Å²) in [6.07, 6.45) is 1.10. The SMILES string of the molecule is CCC(NC1CSc2ccccc21)c1ccc(Br)cc1. The van der Waals surface area contributed by atoms with Crippen LogP contribution in [0.5, 0.6) is 0 Å². The molecule has 2 unspecified atom stereocenters. The molecule has 3 heteroatoms. The summed E-state index contributed by atoms with van der Waals surface area (Å²) in [5, 5.41) is 3.82. The average Bonchev–Trinajstić information content (AvgIpc) is 2.89. The molecule has 1 N–H and O–H groups in total. The lowest BCUT2D eigenvalue weighted by molar-refractivity contribution is 0.461. The van der Waals surface area contributed by atoms with Gasteiger partial charge in [0.2, 0.25) is 0 Å². The predicted molar refractivity (Wildman–Crippen MR) is 90.2 cm³/mol. The van der Waals surface area contributed by atoms with Gasteiger partial charge in [0.05, 0.1) is 0 Å². The Hall–Kier alpha value is -0.770. The summed E-state index contributed by atoms with van der Waals surface area (Å²) in [5.74, 6) is 1.13. The van der Waals surface area contributed by atoms with Crippen LogP contribution < -0.4 is 5.32 Å². The Balaban J connectivity index is 1.78. The van der Waals surface area contributed by atoms with E-state index in [0.717, 1.165) is 16.6 Å².